The first-order valence-corrected chi connectivity index (χ1v) is 15.9. The highest BCUT2D eigenvalue weighted by Gasteiger charge is 2.70. The fourth-order valence-corrected chi connectivity index (χ4v) is 6.45. The Hall–Kier alpha value is -2.98. The van der Waals surface area contributed by atoms with Gasteiger partial charge in [0.1, 0.15) is 12.1 Å². The molecule has 1 saturated heterocycles. The van der Waals surface area contributed by atoms with Crippen molar-refractivity contribution in [2.45, 2.75) is 113 Å². The number of likely N-dealkylation sites (N-methyl/N-ethyl adjacent to an activating group) is 1. The molecule has 0 bridgehead atoms. The number of piperidine rings is 1. The van der Waals surface area contributed by atoms with Crippen molar-refractivity contribution in [2.24, 2.45) is 40.4 Å². The summed E-state index contributed by atoms with van der Waals surface area (Å²) in [7, 11) is 0. The Kier molecular flexibility index (Phi) is 10.4. The van der Waals surface area contributed by atoms with Crippen LogP contribution in [0.5, 0.6) is 0 Å². The van der Waals surface area contributed by atoms with E-state index in [-0.39, 0.29) is 40.8 Å². The molecular formula is C32H53N5O6. The lowest BCUT2D eigenvalue weighted by Crippen LogP contribution is -2.62. The molecule has 0 aromatic rings. The van der Waals surface area contributed by atoms with Gasteiger partial charge in [0.15, 0.2) is 5.78 Å². The van der Waals surface area contributed by atoms with Gasteiger partial charge in [0, 0.05) is 19.0 Å². The van der Waals surface area contributed by atoms with E-state index in [9.17, 15) is 28.8 Å². The van der Waals surface area contributed by atoms with Crippen LogP contribution in [-0.2, 0) is 24.0 Å². The van der Waals surface area contributed by atoms with Gasteiger partial charge < -0.3 is 26.2 Å². The van der Waals surface area contributed by atoms with E-state index >= 15 is 0 Å². The minimum absolute atomic E-state index is 0.0923. The largest absolute Gasteiger partial charge is 0.350 e. The van der Waals surface area contributed by atoms with Crippen molar-refractivity contribution in [3.63, 3.8) is 0 Å². The molecule has 43 heavy (non-hydrogen) atoms. The number of amides is 5. The molecule has 11 heteroatoms. The molecule has 0 radical (unpaired) electrons. The number of urea groups is 1. The summed E-state index contributed by atoms with van der Waals surface area (Å²) in [6.07, 6.45) is 2.28. The van der Waals surface area contributed by atoms with Crippen LogP contribution in [0.4, 0.5) is 4.79 Å². The van der Waals surface area contributed by atoms with E-state index in [2.05, 4.69) is 35.1 Å². The number of ketones is 2. The van der Waals surface area contributed by atoms with Gasteiger partial charge >= 0.3 is 6.03 Å². The van der Waals surface area contributed by atoms with Crippen molar-refractivity contribution in [3.8, 4) is 0 Å². The van der Waals surface area contributed by atoms with Crippen LogP contribution in [0.1, 0.15) is 88.5 Å². The van der Waals surface area contributed by atoms with E-state index < -0.39 is 59.1 Å². The molecule has 5 amide bonds. The molecule has 242 valence electrons. The quantitative estimate of drug-likeness (QED) is 0.237. The lowest BCUT2D eigenvalue weighted by molar-refractivity contribution is -0.145. The van der Waals surface area contributed by atoms with E-state index in [0.717, 1.165) is 12.8 Å². The number of carbonyl (C=O) groups excluding carboxylic acids is 6. The van der Waals surface area contributed by atoms with Gasteiger partial charge in [0.25, 0.3) is 5.91 Å². The predicted molar refractivity (Wildman–Crippen MR) is 163 cm³/mol. The van der Waals surface area contributed by atoms with Gasteiger partial charge in [-0.15, -0.1) is 0 Å². The summed E-state index contributed by atoms with van der Waals surface area (Å²) in [4.78, 5) is 81.0. The number of rotatable bonds is 13. The highest BCUT2D eigenvalue weighted by Crippen LogP contribution is 2.65. The Balaban J connectivity index is 1.83. The van der Waals surface area contributed by atoms with Crippen LogP contribution in [-0.4, -0.2) is 77.5 Å². The van der Waals surface area contributed by atoms with Gasteiger partial charge in [-0.05, 0) is 47.8 Å². The molecule has 0 spiro atoms. The summed E-state index contributed by atoms with van der Waals surface area (Å²) in [6, 6.07) is -4.11. The molecule has 1 aliphatic heterocycles. The number of fused-ring (bicyclic) bond motifs is 1. The van der Waals surface area contributed by atoms with Gasteiger partial charge in [-0.25, -0.2) is 4.79 Å². The first kappa shape index (κ1) is 34.5. The smallest absolute Gasteiger partial charge is 0.316 e. The second kappa shape index (κ2) is 12.9. The Morgan fingerprint density at radius 1 is 0.930 bits per heavy atom. The normalized spacial score (nSPS) is 24.5. The molecule has 4 N–H and O–H groups in total. The summed E-state index contributed by atoms with van der Waals surface area (Å²) in [6.45, 7) is 19.3. The van der Waals surface area contributed by atoms with Crippen molar-refractivity contribution in [3.05, 3.63) is 0 Å². The third-order valence-electron chi connectivity index (χ3n) is 9.44. The monoisotopic (exact) mass is 603 g/mol. The van der Waals surface area contributed by atoms with Crippen LogP contribution in [0.15, 0.2) is 0 Å². The summed E-state index contributed by atoms with van der Waals surface area (Å²) in [5.74, 6) is -2.48. The molecule has 1 unspecified atom stereocenters. The summed E-state index contributed by atoms with van der Waals surface area (Å²) >= 11 is 0. The van der Waals surface area contributed by atoms with Crippen LogP contribution in [0.25, 0.3) is 0 Å². The highest BCUT2D eigenvalue weighted by atomic mass is 16.2. The van der Waals surface area contributed by atoms with Crippen LogP contribution in [0.2, 0.25) is 0 Å². The number of likely N-dealkylation sites (tertiary alicyclic amines) is 1. The number of Topliss-reactive ketones (excluding diaryl/α,β-unsaturated/α-hetero) is 2. The van der Waals surface area contributed by atoms with Crippen molar-refractivity contribution < 1.29 is 28.8 Å². The van der Waals surface area contributed by atoms with Crippen molar-refractivity contribution >= 4 is 35.3 Å². The van der Waals surface area contributed by atoms with Gasteiger partial charge in [-0.1, -0.05) is 75.2 Å². The predicted octanol–water partition coefficient (Wildman–Crippen LogP) is 2.42. The van der Waals surface area contributed by atoms with Gasteiger partial charge in [0.2, 0.25) is 17.6 Å². The fourth-order valence-electron chi connectivity index (χ4n) is 6.45. The summed E-state index contributed by atoms with van der Waals surface area (Å²) in [5.41, 5.74) is -0.881. The molecule has 3 aliphatic rings. The van der Waals surface area contributed by atoms with Crippen LogP contribution >= 0.6 is 0 Å². The molecule has 2 saturated carbocycles. The zero-order chi connectivity index (χ0) is 32.6. The minimum atomic E-state index is -0.982. The number of nitrogens with one attached hydrogen (secondary N) is 4. The molecule has 0 aromatic heterocycles. The first-order chi connectivity index (χ1) is 19.8. The zero-order valence-electron chi connectivity index (χ0n) is 27.6. The average Bonchev–Trinajstić information content (AvgIpc) is 3.75. The topological polar surface area (TPSA) is 154 Å². The molecule has 2 aliphatic carbocycles. The molecule has 0 aromatic carbocycles. The lowest BCUT2D eigenvalue weighted by atomic mass is 9.85. The highest BCUT2D eigenvalue weighted by molar-refractivity contribution is 6.38. The third kappa shape index (κ3) is 7.76. The molecule has 6 atom stereocenters. The number of carbonyl (C=O) groups is 6. The van der Waals surface area contributed by atoms with Crippen LogP contribution in [0.3, 0.4) is 0 Å². The summed E-state index contributed by atoms with van der Waals surface area (Å²) < 4.78 is 0. The SMILES string of the molecule is CCNC(=O)C(=O)C(CC1CC1)NC(=O)[C@@H]1[C@@H]2[C@H](CN1C(=O)[C@@H](NC(=O)N[C@H](C(=O)C(C)C)C(C)C)C(C)(C)C)C2(C)C. The van der Waals surface area contributed by atoms with Crippen molar-refractivity contribution in [1.29, 1.82) is 0 Å². The molecule has 3 rings (SSSR count). The zero-order valence-corrected chi connectivity index (χ0v) is 27.6. The number of hydrogen-bond acceptors (Lipinski definition) is 6. The Morgan fingerprint density at radius 2 is 1.53 bits per heavy atom. The van der Waals surface area contributed by atoms with Crippen molar-refractivity contribution in [2.75, 3.05) is 13.1 Å². The Labute approximate surface area is 256 Å². The Bertz CT molecular complexity index is 1120. The van der Waals surface area contributed by atoms with E-state index in [4.69, 9.17) is 0 Å². The van der Waals surface area contributed by atoms with Gasteiger partial charge in [0.05, 0.1) is 12.1 Å². The minimum Gasteiger partial charge on any atom is -0.350 e. The van der Waals surface area contributed by atoms with E-state index in [1.54, 1.807) is 20.8 Å². The van der Waals surface area contributed by atoms with Gasteiger partial charge in [-0.2, -0.15) is 0 Å². The molecule has 1 heterocycles. The summed E-state index contributed by atoms with van der Waals surface area (Å²) in [5, 5.41) is 11.0. The standard InChI is InChI=1S/C32H53N5O6/c1-11-33-28(41)25(39)20(14-18-12-13-18)34-27(40)23-21-19(32(21,9)10)15-37(23)29(42)26(31(6,7)8)36-30(43)35-22(16(2)3)24(38)17(4)5/h16-23,26H,11-15H2,1-10H3,(H,33,41)(H,34,40)(H2,35,36,43)/t19-,20?,21-,22-,23-,26+/m0/s1. The maximum Gasteiger partial charge on any atom is 0.316 e. The maximum atomic E-state index is 14.2. The van der Waals surface area contributed by atoms with Crippen LogP contribution in [0, 0.1) is 40.4 Å². The fraction of sp³-hybridized carbons (Fsp3) is 0.812. The molecule has 11 nitrogen and oxygen atoms in total. The van der Waals surface area contributed by atoms with E-state index in [0.29, 0.717) is 19.5 Å². The second-order valence-electron chi connectivity index (χ2n) is 15.0. The first-order valence-electron chi connectivity index (χ1n) is 15.9. The lowest BCUT2D eigenvalue weighted by Gasteiger charge is -2.38. The number of hydrogen-bond donors (Lipinski definition) is 4. The third-order valence-corrected chi connectivity index (χ3v) is 9.44. The van der Waals surface area contributed by atoms with Crippen molar-refractivity contribution in [1.82, 2.24) is 26.2 Å². The Morgan fingerprint density at radius 3 is 2.02 bits per heavy atom. The molecule has 3 fully saturated rings. The van der Waals surface area contributed by atoms with E-state index in [1.165, 1.54) is 4.90 Å². The maximum absolute atomic E-state index is 14.2. The molecular weight excluding hydrogens is 550 g/mol. The van der Waals surface area contributed by atoms with E-state index in [1.807, 2.05) is 34.6 Å². The van der Waals surface area contributed by atoms with Gasteiger partial charge in [-0.3, -0.25) is 24.0 Å². The second-order valence-corrected chi connectivity index (χ2v) is 15.0. The number of nitrogens with zero attached hydrogens (tertiary/aromatic N) is 1. The van der Waals surface area contributed by atoms with Crippen LogP contribution < -0.4 is 21.3 Å². The average molecular weight is 604 g/mol.